The molecule has 4 N–H and O–H groups in total. The zero-order chi connectivity index (χ0) is 13.3. The third kappa shape index (κ3) is 6.91. The van der Waals surface area contributed by atoms with Crippen molar-refractivity contribution >= 4 is 11.8 Å². The maximum absolute atomic E-state index is 11.3. The van der Waals surface area contributed by atoms with E-state index >= 15 is 0 Å². The molecule has 0 aliphatic heterocycles. The first-order valence-corrected chi connectivity index (χ1v) is 5.99. The molecule has 100 valence electrons. The van der Waals surface area contributed by atoms with Crippen molar-refractivity contribution in [2.75, 3.05) is 33.2 Å². The van der Waals surface area contributed by atoms with Crippen LogP contribution in [0.1, 0.15) is 20.3 Å². The van der Waals surface area contributed by atoms with Crippen molar-refractivity contribution in [3.05, 3.63) is 0 Å². The fourth-order valence-electron chi connectivity index (χ4n) is 1.22. The van der Waals surface area contributed by atoms with E-state index in [9.17, 15) is 9.59 Å². The van der Waals surface area contributed by atoms with Gasteiger partial charge in [0.2, 0.25) is 0 Å². The van der Waals surface area contributed by atoms with Crippen molar-refractivity contribution in [3.63, 3.8) is 0 Å². The molecule has 0 aromatic rings. The Bertz CT molecular complexity index is 246. The zero-order valence-corrected chi connectivity index (χ0v) is 11.0. The second kappa shape index (κ2) is 8.95. The van der Waals surface area contributed by atoms with Crippen molar-refractivity contribution in [1.29, 1.82) is 0 Å². The van der Waals surface area contributed by atoms with Gasteiger partial charge >= 0.3 is 11.8 Å². The minimum Gasteiger partial charge on any atom is -0.347 e. The second-order valence-electron chi connectivity index (χ2n) is 4.04. The molecule has 1 atom stereocenters. The van der Waals surface area contributed by atoms with Crippen LogP contribution in [0.15, 0.2) is 0 Å². The van der Waals surface area contributed by atoms with Crippen LogP contribution in [-0.4, -0.2) is 56.0 Å². The Morgan fingerprint density at radius 1 is 1.24 bits per heavy atom. The molecule has 0 rings (SSSR count). The highest BCUT2D eigenvalue weighted by Crippen LogP contribution is 1.97. The summed E-state index contributed by atoms with van der Waals surface area (Å²) in [6, 6.07) is 0.470. The quantitative estimate of drug-likeness (QED) is 0.497. The van der Waals surface area contributed by atoms with E-state index < -0.39 is 11.8 Å². The first-order valence-electron chi connectivity index (χ1n) is 5.99. The minimum atomic E-state index is -0.623. The molecule has 0 aliphatic rings. The van der Waals surface area contributed by atoms with Crippen LogP contribution in [-0.2, 0) is 9.59 Å². The molecule has 6 nitrogen and oxygen atoms in total. The van der Waals surface area contributed by atoms with Crippen LogP contribution in [0.2, 0.25) is 0 Å². The normalized spacial score (nSPS) is 12.3. The summed E-state index contributed by atoms with van der Waals surface area (Å²) >= 11 is 0. The summed E-state index contributed by atoms with van der Waals surface area (Å²) in [6.07, 6.45) is 1.06. The van der Waals surface area contributed by atoms with Gasteiger partial charge in [-0.1, -0.05) is 6.92 Å². The van der Waals surface area contributed by atoms with E-state index in [1.54, 1.807) is 0 Å². The zero-order valence-electron chi connectivity index (χ0n) is 11.0. The highest BCUT2D eigenvalue weighted by atomic mass is 16.2. The van der Waals surface area contributed by atoms with Crippen LogP contribution >= 0.6 is 0 Å². The number of carbonyl (C=O) groups excluding carboxylic acids is 2. The first kappa shape index (κ1) is 15.9. The van der Waals surface area contributed by atoms with Crippen LogP contribution < -0.4 is 16.4 Å². The average Bonchev–Trinajstić information content (AvgIpc) is 2.34. The smallest absolute Gasteiger partial charge is 0.309 e. The maximum atomic E-state index is 11.3. The van der Waals surface area contributed by atoms with Crippen LogP contribution in [0.5, 0.6) is 0 Å². The Hall–Kier alpha value is -1.14. The molecule has 0 aliphatic carbocycles. The molecule has 0 saturated carbocycles. The van der Waals surface area contributed by atoms with Crippen molar-refractivity contribution in [2.45, 2.75) is 26.3 Å². The van der Waals surface area contributed by atoms with Crippen molar-refractivity contribution in [2.24, 2.45) is 5.73 Å². The summed E-state index contributed by atoms with van der Waals surface area (Å²) in [5.41, 5.74) is 5.21. The molecule has 0 bridgehead atoms. The molecular formula is C11H24N4O2. The van der Waals surface area contributed by atoms with Crippen LogP contribution in [0.25, 0.3) is 0 Å². The van der Waals surface area contributed by atoms with Crippen molar-refractivity contribution in [3.8, 4) is 0 Å². The molecule has 0 aromatic heterocycles. The summed E-state index contributed by atoms with van der Waals surface area (Å²) in [7, 11) is 1.99. The van der Waals surface area contributed by atoms with Crippen molar-refractivity contribution < 1.29 is 9.59 Å². The summed E-state index contributed by atoms with van der Waals surface area (Å²) in [5.74, 6) is -1.22. The van der Waals surface area contributed by atoms with E-state index in [0.29, 0.717) is 25.7 Å². The Morgan fingerprint density at radius 2 is 1.76 bits per heavy atom. The SMILES string of the molecule is CCC(C)N(C)CCNC(=O)C(=O)NCCN. The van der Waals surface area contributed by atoms with E-state index in [4.69, 9.17) is 5.73 Å². The number of nitrogens with zero attached hydrogens (tertiary/aromatic N) is 1. The molecule has 0 radical (unpaired) electrons. The van der Waals surface area contributed by atoms with Crippen LogP contribution in [0, 0.1) is 0 Å². The fourth-order valence-corrected chi connectivity index (χ4v) is 1.22. The highest BCUT2D eigenvalue weighted by molar-refractivity contribution is 6.35. The number of amides is 2. The largest absolute Gasteiger partial charge is 0.347 e. The molecule has 0 saturated heterocycles. The van der Waals surface area contributed by atoms with Gasteiger partial charge in [0.25, 0.3) is 0 Å². The summed E-state index contributed by atoms with van der Waals surface area (Å²) in [6.45, 7) is 6.07. The van der Waals surface area contributed by atoms with Gasteiger partial charge < -0.3 is 21.3 Å². The van der Waals surface area contributed by atoms with Gasteiger partial charge in [-0.25, -0.2) is 0 Å². The number of carbonyl (C=O) groups is 2. The Kier molecular flexibility index (Phi) is 8.35. The Labute approximate surface area is 103 Å². The summed E-state index contributed by atoms with van der Waals surface area (Å²) in [5, 5.41) is 4.98. The standard InChI is InChI=1S/C11H24N4O2/c1-4-9(2)15(3)8-7-14-11(17)10(16)13-6-5-12/h9H,4-8,12H2,1-3H3,(H,13,16)(H,14,17). The molecule has 0 heterocycles. The average molecular weight is 244 g/mol. The molecule has 0 aromatic carbocycles. The lowest BCUT2D eigenvalue weighted by Gasteiger charge is -2.23. The number of nitrogens with one attached hydrogen (secondary N) is 2. The Morgan fingerprint density at radius 3 is 2.24 bits per heavy atom. The van der Waals surface area contributed by atoms with Gasteiger partial charge in [0.05, 0.1) is 0 Å². The van der Waals surface area contributed by atoms with E-state index in [1.165, 1.54) is 0 Å². The summed E-state index contributed by atoms with van der Waals surface area (Å²) < 4.78 is 0. The van der Waals surface area contributed by atoms with Gasteiger partial charge in [0.1, 0.15) is 0 Å². The monoisotopic (exact) mass is 244 g/mol. The van der Waals surface area contributed by atoms with Gasteiger partial charge in [-0.15, -0.1) is 0 Å². The van der Waals surface area contributed by atoms with Gasteiger partial charge in [-0.05, 0) is 20.4 Å². The number of likely N-dealkylation sites (N-methyl/N-ethyl adjacent to an activating group) is 1. The molecule has 17 heavy (non-hydrogen) atoms. The van der Waals surface area contributed by atoms with Gasteiger partial charge in [0.15, 0.2) is 0 Å². The molecule has 1 unspecified atom stereocenters. The molecular weight excluding hydrogens is 220 g/mol. The maximum Gasteiger partial charge on any atom is 0.309 e. The summed E-state index contributed by atoms with van der Waals surface area (Å²) in [4.78, 5) is 24.6. The number of rotatable bonds is 7. The van der Waals surface area contributed by atoms with Crippen LogP contribution in [0.4, 0.5) is 0 Å². The highest BCUT2D eigenvalue weighted by Gasteiger charge is 2.12. The number of hydrogen-bond acceptors (Lipinski definition) is 4. The molecule has 6 heteroatoms. The molecule has 0 fully saturated rings. The lowest BCUT2D eigenvalue weighted by molar-refractivity contribution is -0.139. The Balaban J connectivity index is 3.74. The lowest BCUT2D eigenvalue weighted by atomic mass is 10.2. The van der Waals surface area contributed by atoms with Gasteiger partial charge in [0, 0.05) is 32.2 Å². The lowest BCUT2D eigenvalue weighted by Crippen LogP contribution is -2.44. The predicted octanol–water partition coefficient (Wildman–Crippen LogP) is -1.09. The third-order valence-electron chi connectivity index (χ3n) is 2.73. The predicted molar refractivity (Wildman–Crippen MR) is 67.5 cm³/mol. The van der Waals surface area contributed by atoms with Crippen LogP contribution in [0.3, 0.4) is 0 Å². The second-order valence-corrected chi connectivity index (χ2v) is 4.04. The van der Waals surface area contributed by atoms with Gasteiger partial charge in [-0.2, -0.15) is 0 Å². The number of nitrogens with two attached hydrogens (primary N) is 1. The molecule has 0 spiro atoms. The van der Waals surface area contributed by atoms with E-state index in [2.05, 4.69) is 29.4 Å². The third-order valence-corrected chi connectivity index (χ3v) is 2.73. The topological polar surface area (TPSA) is 87.5 Å². The number of hydrogen-bond donors (Lipinski definition) is 3. The van der Waals surface area contributed by atoms with E-state index in [0.717, 1.165) is 13.0 Å². The van der Waals surface area contributed by atoms with Crippen molar-refractivity contribution in [1.82, 2.24) is 15.5 Å². The molecule has 2 amide bonds. The first-order chi connectivity index (χ1) is 8.02. The van der Waals surface area contributed by atoms with Gasteiger partial charge in [-0.3, -0.25) is 9.59 Å². The fraction of sp³-hybridized carbons (Fsp3) is 0.818. The van der Waals surface area contributed by atoms with E-state index in [-0.39, 0.29) is 0 Å². The minimum absolute atomic E-state index is 0.318. The van der Waals surface area contributed by atoms with E-state index in [1.807, 2.05) is 7.05 Å².